The van der Waals surface area contributed by atoms with E-state index in [1.165, 1.54) is 45.7 Å². The van der Waals surface area contributed by atoms with Crippen LogP contribution in [0.1, 0.15) is 28.1 Å². The van der Waals surface area contributed by atoms with E-state index < -0.39 is 28.8 Å². The maximum atomic E-state index is 16.2. The predicted molar refractivity (Wildman–Crippen MR) is 209 cm³/mol. The van der Waals surface area contributed by atoms with Gasteiger partial charge in [-0.1, -0.05) is 91.0 Å². The largest absolute Gasteiger partial charge is 0.482 e. The molecule has 0 spiro atoms. The number of imidazole rings is 1. The molecule has 1 N–H and O–H groups in total. The van der Waals surface area contributed by atoms with Crippen LogP contribution in [0.2, 0.25) is 0 Å². The lowest BCUT2D eigenvalue weighted by molar-refractivity contribution is -0.116. The number of benzene rings is 5. The van der Waals surface area contributed by atoms with Gasteiger partial charge in [-0.15, -0.1) is 10.2 Å². The Hall–Kier alpha value is -7.21. The Balaban J connectivity index is 1.12. The number of aryl methyl sites for hydroxylation is 2. The monoisotopic (exact) mass is 747 g/mol. The number of amides is 1. The normalized spacial score (nSPS) is 11.5. The molecule has 10 nitrogen and oxygen atoms in total. The standard InChI is InChI=1S/C44H35F2N7O3/c1-29-22-30(36-24-47-25-38-41(36)51(2)43(55)52(38)26-40(54)49-35-20-18-34(45)19-21-35)23-37(46)42(29)56-27-39-50-48-28-53(39)44(31-12-6-3-7-13-31,32-14-8-4-9-15-32)33-16-10-5-11-17-33/h3-25,28H,26-27H2,1-2H3,(H,49,54). The van der Waals surface area contributed by atoms with Gasteiger partial charge in [0.05, 0.1) is 17.2 Å². The Labute approximate surface area is 320 Å². The first-order chi connectivity index (χ1) is 27.3. The lowest BCUT2D eigenvalue weighted by Crippen LogP contribution is -2.38. The van der Waals surface area contributed by atoms with Crippen molar-refractivity contribution in [2.24, 2.45) is 7.05 Å². The molecule has 12 heteroatoms. The van der Waals surface area contributed by atoms with E-state index in [2.05, 4.69) is 56.9 Å². The number of ether oxygens (including phenoxy) is 1. The molecule has 0 radical (unpaired) electrons. The lowest BCUT2D eigenvalue weighted by Gasteiger charge is -2.38. The van der Waals surface area contributed by atoms with Crippen LogP contribution in [0.25, 0.3) is 22.2 Å². The third kappa shape index (κ3) is 6.40. The Morgan fingerprint density at radius 2 is 1.43 bits per heavy atom. The molecule has 56 heavy (non-hydrogen) atoms. The number of carbonyl (C=O) groups excluding carboxylic acids is 1. The number of rotatable bonds is 11. The van der Waals surface area contributed by atoms with Crippen LogP contribution in [0.4, 0.5) is 14.5 Å². The highest BCUT2D eigenvalue weighted by atomic mass is 19.1. The van der Waals surface area contributed by atoms with Gasteiger partial charge in [0.2, 0.25) is 5.91 Å². The van der Waals surface area contributed by atoms with Gasteiger partial charge >= 0.3 is 5.69 Å². The Bertz CT molecular complexity index is 2610. The summed E-state index contributed by atoms with van der Waals surface area (Å²) >= 11 is 0. The van der Waals surface area contributed by atoms with Gasteiger partial charge < -0.3 is 10.1 Å². The summed E-state index contributed by atoms with van der Waals surface area (Å²) in [4.78, 5) is 30.7. The highest BCUT2D eigenvalue weighted by molar-refractivity contribution is 5.95. The summed E-state index contributed by atoms with van der Waals surface area (Å²) in [6.45, 7) is 1.33. The fourth-order valence-electron chi connectivity index (χ4n) is 7.41. The number of nitrogens with zero attached hydrogens (tertiary/aromatic N) is 6. The second kappa shape index (κ2) is 14.9. The minimum Gasteiger partial charge on any atom is -0.482 e. The number of pyridine rings is 1. The number of hydrogen-bond donors (Lipinski definition) is 1. The van der Waals surface area contributed by atoms with Crippen LogP contribution in [0.5, 0.6) is 5.75 Å². The Kier molecular flexibility index (Phi) is 9.53. The van der Waals surface area contributed by atoms with Gasteiger partial charge in [0.15, 0.2) is 17.4 Å². The second-order valence-corrected chi connectivity index (χ2v) is 13.4. The van der Waals surface area contributed by atoms with Gasteiger partial charge in [-0.3, -0.25) is 23.5 Å². The van der Waals surface area contributed by atoms with Crippen molar-refractivity contribution in [1.82, 2.24) is 28.9 Å². The lowest BCUT2D eigenvalue weighted by atomic mass is 9.76. The zero-order valence-electron chi connectivity index (χ0n) is 30.4. The number of carbonyl (C=O) groups is 1. The van der Waals surface area contributed by atoms with E-state index in [0.717, 1.165) is 16.7 Å². The molecule has 0 saturated carbocycles. The number of hydrogen-bond acceptors (Lipinski definition) is 6. The molecule has 0 saturated heterocycles. The highest BCUT2D eigenvalue weighted by Crippen LogP contribution is 2.41. The molecule has 0 aliphatic heterocycles. The van der Waals surface area contributed by atoms with Gasteiger partial charge in [0.25, 0.3) is 0 Å². The average Bonchev–Trinajstić information content (AvgIpc) is 3.78. The summed E-state index contributed by atoms with van der Waals surface area (Å²) in [5.41, 5.74) is 4.30. The van der Waals surface area contributed by atoms with Crippen LogP contribution in [0.15, 0.2) is 151 Å². The first-order valence-corrected chi connectivity index (χ1v) is 17.8. The van der Waals surface area contributed by atoms with Crippen LogP contribution in [-0.2, 0) is 30.5 Å². The summed E-state index contributed by atoms with van der Waals surface area (Å²) in [6, 6.07) is 38.7. The van der Waals surface area contributed by atoms with Gasteiger partial charge in [-0.25, -0.2) is 13.6 Å². The number of nitrogens with one attached hydrogen (secondary N) is 1. The molecule has 0 aliphatic carbocycles. The first-order valence-electron chi connectivity index (χ1n) is 17.8. The third-order valence-corrected chi connectivity index (χ3v) is 9.91. The quantitative estimate of drug-likeness (QED) is 0.136. The summed E-state index contributed by atoms with van der Waals surface area (Å²) in [6.07, 6.45) is 4.72. The number of halogens is 2. The van der Waals surface area contributed by atoms with E-state index in [9.17, 15) is 14.0 Å². The number of fused-ring (bicyclic) bond motifs is 1. The summed E-state index contributed by atoms with van der Waals surface area (Å²) in [5.74, 6) is -1.03. The number of aromatic nitrogens is 6. The molecule has 1 amide bonds. The van der Waals surface area contributed by atoms with E-state index in [-0.39, 0.29) is 18.9 Å². The summed E-state index contributed by atoms with van der Waals surface area (Å²) in [5, 5.41) is 11.5. The second-order valence-electron chi connectivity index (χ2n) is 13.4. The van der Waals surface area contributed by atoms with Crippen molar-refractivity contribution in [2.75, 3.05) is 5.32 Å². The molecule has 0 bridgehead atoms. The molecule has 278 valence electrons. The van der Waals surface area contributed by atoms with Crippen molar-refractivity contribution in [1.29, 1.82) is 0 Å². The minimum atomic E-state index is -0.886. The van der Waals surface area contributed by atoms with E-state index in [1.54, 1.807) is 32.6 Å². The maximum Gasteiger partial charge on any atom is 0.329 e. The minimum absolute atomic E-state index is 0.0390. The van der Waals surface area contributed by atoms with Gasteiger partial charge in [-0.05, 0) is 71.1 Å². The van der Waals surface area contributed by atoms with Crippen LogP contribution < -0.4 is 15.7 Å². The van der Waals surface area contributed by atoms with E-state index in [1.807, 2.05) is 59.2 Å². The SMILES string of the molecule is Cc1cc(-c2cncc3c2n(C)c(=O)n3CC(=O)Nc2ccc(F)cc2)cc(F)c1OCc1nncn1C(c1ccccc1)(c1ccccc1)c1ccccc1. The molecule has 8 aromatic rings. The highest BCUT2D eigenvalue weighted by Gasteiger charge is 2.40. The zero-order valence-corrected chi connectivity index (χ0v) is 30.4. The molecular weight excluding hydrogens is 713 g/mol. The fraction of sp³-hybridized carbons (Fsp3) is 0.114. The predicted octanol–water partition coefficient (Wildman–Crippen LogP) is 7.64. The van der Waals surface area contributed by atoms with E-state index in [0.29, 0.717) is 39.2 Å². The number of anilines is 1. The van der Waals surface area contributed by atoms with Crippen molar-refractivity contribution in [3.05, 3.63) is 196 Å². The maximum absolute atomic E-state index is 16.2. The van der Waals surface area contributed by atoms with Crippen molar-refractivity contribution in [2.45, 2.75) is 25.6 Å². The fourth-order valence-corrected chi connectivity index (χ4v) is 7.41. The van der Waals surface area contributed by atoms with E-state index in [4.69, 9.17) is 4.74 Å². The van der Waals surface area contributed by atoms with Crippen LogP contribution in [-0.4, -0.2) is 34.8 Å². The van der Waals surface area contributed by atoms with Crippen LogP contribution in [0.3, 0.4) is 0 Å². The molecule has 0 fully saturated rings. The van der Waals surface area contributed by atoms with E-state index >= 15 is 4.39 Å². The van der Waals surface area contributed by atoms with Crippen molar-refractivity contribution in [3.8, 4) is 16.9 Å². The molecule has 3 heterocycles. The Morgan fingerprint density at radius 3 is 2.02 bits per heavy atom. The molecule has 0 unspecified atom stereocenters. The average molecular weight is 748 g/mol. The Morgan fingerprint density at radius 1 is 0.821 bits per heavy atom. The smallest absolute Gasteiger partial charge is 0.329 e. The summed E-state index contributed by atoms with van der Waals surface area (Å²) < 4.78 is 40.5. The summed E-state index contributed by atoms with van der Waals surface area (Å²) in [7, 11) is 1.58. The molecule has 0 atom stereocenters. The molecule has 5 aromatic carbocycles. The van der Waals surface area contributed by atoms with Gasteiger partial charge in [-0.2, -0.15) is 0 Å². The molecular formula is C44H35F2N7O3. The van der Waals surface area contributed by atoms with Crippen molar-refractivity contribution in [3.63, 3.8) is 0 Å². The van der Waals surface area contributed by atoms with Crippen LogP contribution in [0, 0.1) is 18.6 Å². The van der Waals surface area contributed by atoms with Gasteiger partial charge in [0, 0.05) is 24.5 Å². The van der Waals surface area contributed by atoms with Crippen molar-refractivity contribution >= 4 is 22.6 Å². The third-order valence-electron chi connectivity index (χ3n) is 9.91. The zero-order chi connectivity index (χ0) is 38.8. The molecule has 0 aliphatic rings. The topological polar surface area (TPSA) is 109 Å². The van der Waals surface area contributed by atoms with Gasteiger partial charge in [0.1, 0.15) is 30.8 Å². The molecule has 3 aromatic heterocycles. The first kappa shape index (κ1) is 35.8. The van der Waals surface area contributed by atoms with Crippen molar-refractivity contribution < 1.29 is 18.3 Å². The molecule has 8 rings (SSSR count). The van der Waals surface area contributed by atoms with Crippen LogP contribution >= 0.6 is 0 Å².